The summed E-state index contributed by atoms with van der Waals surface area (Å²) in [6, 6.07) is 12.4. The third-order valence-electron chi connectivity index (χ3n) is 5.87. The molecule has 1 N–H and O–H groups in total. The van der Waals surface area contributed by atoms with Crippen LogP contribution in [0, 0.1) is 16.0 Å². The van der Waals surface area contributed by atoms with Gasteiger partial charge in [-0.25, -0.2) is 0 Å². The van der Waals surface area contributed by atoms with Crippen LogP contribution in [0.3, 0.4) is 0 Å². The molecule has 1 aliphatic carbocycles. The smallest absolute Gasteiger partial charge is 0.293 e. The van der Waals surface area contributed by atoms with Crippen LogP contribution in [0.1, 0.15) is 49.3 Å². The second-order valence-electron chi connectivity index (χ2n) is 7.51. The number of hydrogen-bond donors (Lipinski definition) is 1. The molecule has 4 rings (SSSR count). The highest BCUT2D eigenvalue weighted by Crippen LogP contribution is 2.43. The van der Waals surface area contributed by atoms with E-state index in [-0.39, 0.29) is 22.8 Å². The van der Waals surface area contributed by atoms with E-state index in [1.807, 2.05) is 18.2 Å². The van der Waals surface area contributed by atoms with Crippen molar-refractivity contribution in [2.24, 2.45) is 5.92 Å². The first-order chi connectivity index (χ1) is 13.2. The van der Waals surface area contributed by atoms with Crippen LogP contribution in [0.4, 0.5) is 5.69 Å². The molecule has 1 aliphatic heterocycles. The van der Waals surface area contributed by atoms with Gasteiger partial charge in [0.1, 0.15) is 6.20 Å². The highest BCUT2D eigenvalue weighted by molar-refractivity contribution is 5.39. The molecule has 0 radical (unpaired) electrons. The first-order valence-electron chi connectivity index (χ1n) is 9.73. The topological polar surface area (TPSA) is 77.3 Å². The molecule has 2 aromatic rings. The van der Waals surface area contributed by atoms with Crippen LogP contribution in [0.5, 0.6) is 0 Å². The normalized spacial score (nSPS) is 27.7. The number of ether oxygens (including phenoxy) is 1. The van der Waals surface area contributed by atoms with Gasteiger partial charge in [0.2, 0.25) is 0 Å². The Bertz CT molecular complexity index is 783. The fraction of sp³-hybridized carbons (Fsp3) is 0.476. The predicted octanol–water partition coefficient (Wildman–Crippen LogP) is 4.17. The summed E-state index contributed by atoms with van der Waals surface area (Å²) >= 11 is 0. The van der Waals surface area contributed by atoms with Crippen LogP contribution in [0.15, 0.2) is 48.8 Å². The zero-order chi connectivity index (χ0) is 18.6. The van der Waals surface area contributed by atoms with E-state index in [1.54, 1.807) is 12.3 Å². The van der Waals surface area contributed by atoms with E-state index < -0.39 is 0 Å². The van der Waals surface area contributed by atoms with Crippen LogP contribution in [0.25, 0.3) is 0 Å². The number of rotatable bonds is 5. The fourth-order valence-corrected chi connectivity index (χ4v) is 4.53. The van der Waals surface area contributed by atoms with Crippen molar-refractivity contribution < 1.29 is 9.66 Å². The van der Waals surface area contributed by atoms with Crippen LogP contribution in [0.2, 0.25) is 0 Å². The van der Waals surface area contributed by atoms with Gasteiger partial charge in [-0.2, -0.15) is 0 Å². The largest absolute Gasteiger partial charge is 0.370 e. The van der Waals surface area contributed by atoms with Crippen molar-refractivity contribution in [2.45, 2.75) is 56.9 Å². The maximum Gasteiger partial charge on any atom is 0.293 e. The average Bonchev–Trinajstić information content (AvgIpc) is 2.72. The molecular weight excluding hydrogens is 342 g/mol. The summed E-state index contributed by atoms with van der Waals surface area (Å²) in [4.78, 5) is 15.0. The second kappa shape index (κ2) is 8.15. The lowest BCUT2D eigenvalue weighted by atomic mass is 9.76. The van der Waals surface area contributed by atoms with Gasteiger partial charge in [-0.05, 0) is 30.9 Å². The quantitative estimate of drug-likeness (QED) is 0.634. The molecule has 1 saturated heterocycles. The summed E-state index contributed by atoms with van der Waals surface area (Å²) in [5.41, 5.74) is 1.95. The van der Waals surface area contributed by atoms with Gasteiger partial charge in [0.25, 0.3) is 5.69 Å². The maximum atomic E-state index is 11.4. The van der Waals surface area contributed by atoms with Gasteiger partial charge in [0.05, 0.1) is 22.7 Å². The van der Waals surface area contributed by atoms with Gasteiger partial charge < -0.3 is 10.1 Å². The van der Waals surface area contributed by atoms with E-state index in [9.17, 15) is 10.1 Å². The molecule has 1 saturated carbocycles. The highest BCUT2D eigenvalue weighted by Gasteiger charge is 2.41. The van der Waals surface area contributed by atoms with E-state index in [4.69, 9.17) is 4.74 Å². The van der Waals surface area contributed by atoms with Gasteiger partial charge in [-0.15, -0.1) is 0 Å². The zero-order valence-corrected chi connectivity index (χ0v) is 15.3. The summed E-state index contributed by atoms with van der Waals surface area (Å²) < 4.78 is 6.38. The Hall–Kier alpha value is -2.31. The zero-order valence-electron chi connectivity index (χ0n) is 15.3. The number of nitrogens with zero attached hydrogens (tertiary/aromatic N) is 2. The Labute approximate surface area is 159 Å². The number of benzene rings is 1. The van der Waals surface area contributed by atoms with Crippen molar-refractivity contribution in [3.05, 3.63) is 70.0 Å². The van der Waals surface area contributed by atoms with Crippen molar-refractivity contribution in [2.75, 3.05) is 0 Å². The number of pyridine rings is 1. The van der Waals surface area contributed by atoms with Crippen molar-refractivity contribution in [3.63, 3.8) is 0 Å². The molecule has 142 valence electrons. The lowest BCUT2D eigenvalue weighted by Gasteiger charge is -2.45. The van der Waals surface area contributed by atoms with Crippen molar-refractivity contribution in [1.29, 1.82) is 0 Å². The number of hydrogen-bond acceptors (Lipinski definition) is 5. The van der Waals surface area contributed by atoms with Gasteiger partial charge >= 0.3 is 0 Å². The van der Waals surface area contributed by atoms with Crippen LogP contribution in [-0.2, 0) is 11.3 Å². The van der Waals surface area contributed by atoms with Crippen molar-refractivity contribution in [1.82, 2.24) is 10.3 Å². The van der Waals surface area contributed by atoms with E-state index in [2.05, 4.69) is 22.4 Å². The van der Waals surface area contributed by atoms with E-state index >= 15 is 0 Å². The average molecular weight is 367 g/mol. The Morgan fingerprint density at radius 2 is 2.00 bits per heavy atom. The molecule has 2 fully saturated rings. The van der Waals surface area contributed by atoms with Gasteiger partial charge in [-0.3, -0.25) is 15.1 Å². The van der Waals surface area contributed by atoms with Crippen LogP contribution >= 0.6 is 0 Å². The van der Waals surface area contributed by atoms with Crippen LogP contribution in [-0.4, -0.2) is 22.1 Å². The Kier molecular flexibility index (Phi) is 5.45. The summed E-state index contributed by atoms with van der Waals surface area (Å²) in [6.07, 6.45) is 8.18. The van der Waals surface area contributed by atoms with E-state index in [1.165, 1.54) is 18.2 Å². The number of nitro groups is 1. The molecule has 1 aromatic carbocycles. The number of aromatic nitrogens is 1. The molecule has 27 heavy (non-hydrogen) atoms. The predicted molar refractivity (Wildman–Crippen MR) is 102 cm³/mol. The van der Waals surface area contributed by atoms with Gasteiger partial charge in [-0.1, -0.05) is 43.2 Å². The van der Waals surface area contributed by atoms with Gasteiger partial charge in [0, 0.05) is 24.7 Å². The van der Waals surface area contributed by atoms with E-state index in [0.717, 1.165) is 32.2 Å². The summed E-state index contributed by atoms with van der Waals surface area (Å²) in [6.45, 7) is 0.805. The van der Waals surface area contributed by atoms with Crippen LogP contribution < -0.4 is 5.32 Å². The number of fused-ring (bicyclic) bond motifs is 1. The summed E-state index contributed by atoms with van der Waals surface area (Å²) in [7, 11) is 0. The molecule has 6 nitrogen and oxygen atoms in total. The molecule has 2 heterocycles. The lowest BCUT2D eigenvalue weighted by Crippen LogP contribution is -2.49. The monoisotopic (exact) mass is 367 g/mol. The third kappa shape index (κ3) is 4.01. The fourth-order valence-electron chi connectivity index (χ4n) is 4.53. The highest BCUT2D eigenvalue weighted by atomic mass is 16.6. The molecule has 2 aliphatic rings. The first-order valence-corrected chi connectivity index (χ1v) is 9.73. The summed E-state index contributed by atoms with van der Waals surface area (Å²) in [5.74, 6) is 0.472. The Morgan fingerprint density at radius 3 is 2.81 bits per heavy atom. The minimum Gasteiger partial charge on any atom is -0.370 e. The van der Waals surface area contributed by atoms with Crippen molar-refractivity contribution in [3.8, 4) is 0 Å². The minimum atomic E-state index is -0.356. The maximum absolute atomic E-state index is 11.4. The molecule has 4 atom stereocenters. The molecule has 0 bridgehead atoms. The molecule has 0 unspecified atom stereocenters. The SMILES string of the molecule is O=[N+]([O-])c1cnccc1[C@H]1C[C@@H](NCc2ccccc2)[C@@H]2CCCC[C@H]2O1. The Morgan fingerprint density at radius 1 is 1.19 bits per heavy atom. The molecule has 0 amide bonds. The standard InChI is InChI=1S/C21H25N3O3/c25-24(26)19-14-22-11-10-17(19)21-12-18(16-8-4-5-9-20(16)27-21)23-13-15-6-2-1-3-7-15/h1-3,6-7,10-11,14,16,18,20-21,23H,4-5,8-9,12-13H2/t16-,18+,20+,21+/m0/s1. The van der Waals surface area contributed by atoms with Crippen molar-refractivity contribution >= 4 is 5.69 Å². The van der Waals surface area contributed by atoms with E-state index in [0.29, 0.717) is 17.5 Å². The van der Waals surface area contributed by atoms with Gasteiger partial charge in [0.15, 0.2) is 0 Å². The second-order valence-corrected chi connectivity index (χ2v) is 7.51. The molecular formula is C21H25N3O3. The minimum absolute atomic E-state index is 0.0542. The lowest BCUT2D eigenvalue weighted by molar-refractivity contribution is -0.386. The summed E-state index contributed by atoms with van der Waals surface area (Å²) in [5, 5.41) is 15.2. The Balaban J connectivity index is 1.55. The molecule has 1 aromatic heterocycles. The first kappa shape index (κ1) is 18.1. The number of nitrogens with one attached hydrogen (secondary N) is 1. The molecule has 6 heteroatoms. The third-order valence-corrected chi connectivity index (χ3v) is 5.87. The molecule has 0 spiro atoms.